The van der Waals surface area contributed by atoms with Crippen molar-refractivity contribution in [2.75, 3.05) is 7.11 Å². The molecule has 0 aliphatic carbocycles. The number of carboxylic acids is 1. The van der Waals surface area contributed by atoms with Gasteiger partial charge in [0.05, 0.1) is 17.8 Å². The number of methoxy groups -OCH3 is 1. The maximum absolute atomic E-state index is 11.3. The summed E-state index contributed by atoms with van der Waals surface area (Å²) in [6.07, 6.45) is 1.46. The summed E-state index contributed by atoms with van der Waals surface area (Å²) in [4.78, 5) is 15.5. The summed E-state index contributed by atoms with van der Waals surface area (Å²) in [6, 6.07) is 14.4. The van der Waals surface area contributed by atoms with Crippen LogP contribution in [0.25, 0.3) is 17.1 Å². The first-order valence-electron chi connectivity index (χ1n) is 6.82. The highest BCUT2D eigenvalue weighted by atomic mass is 35.5. The second kappa shape index (κ2) is 6.14. The minimum atomic E-state index is -1.10. The lowest BCUT2D eigenvalue weighted by atomic mass is 10.2. The van der Waals surface area contributed by atoms with Crippen molar-refractivity contribution in [3.63, 3.8) is 0 Å². The molecule has 5 nitrogen and oxygen atoms in total. The molecule has 0 amide bonds. The average Bonchev–Trinajstić information content (AvgIpc) is 3.01. The third kappa shape index (κ3) is 2.91. The molecular formula is C17H13ClN2O3. The molecule has 2 aromatic carbocycles. The highest BCUT2D eigenvalue weighted by molar-refractivity contribution is 6.32. The molecular weight excluding hydrogens is 316 g/mol. The number of para-hydroxylation sites is 1. The zero-order valence-electron chi connectivity index (χ0n) is 12.2. The van der Waals surface area contributed by atoms with E-state index in [4.69, 9.17) is 16.3 Å². The molecule has 0 atom stereocenters. The van der Waals surface area contributed by atoms with Crippen molar-refractivity contribution in [2.24, 2.45) is 0 Å². The van der Waals surface area contributed by atoms with E-state index in [9.17, 15) is 9.90 Å². The zero-order valence-corrected chi connectivity index (χ0v) is 13.0. The Morgan fingerprint density at radius 3 is 2.70 bits per heavy atom. The number of rotatable bonds is 4. The van der Waals surface area contributed by atoms with Gasteiger partial charge in [0.1, 0.15) is 11.6 Å². The summed E-state index contributed by atoms with van der Waals surface area (Å²) in [7, 11) is 1.57. The smallest absolute Gasteiger partial charge is 0.356 e. The third-order valence-corrected chi connectivity index (χ3v) is 3.68. The number of hydrogen-bond acceptors (Lipinski definition) is 3. The highest BCUT2D eigenvalue weighted by Gasteiger charge is 2.17. The Morgan fingerprint density at radius 1 is 1.22 bits per heavy atom. The van der Waals surface area contributed by atoms with Gasteiger partial charge in [-0.3, -0.25) is 4.57 Å². The standard InChI is InChI=1S/C17H13ClN2O3/c1-23-12-6-4-5-11(9-12)16-19-14(17(21)22)10-20(16)15-8-3-2-7-13(15)18/h2-10H,1H3,(H,21,22). The number of aromatic nitrogens is 2. The molecule has 3 aromatic rings. The van der Waals surface area contributed by atoms with Crippen molar-refractivity contribution in [1.82, 2.24) is 9.55 Å². The predicted molar refractivity (Wildman–Crippen MR) is 87.5 cm³/mol. The Morgan fingerprint density at radius 2 is 2.00 bits per heavy atom. The Bertz CT molecular complexity index is 874. The zero-order chi connectivity index (χ0) is 16.4. The lowest BCUT2D eigenvalue weighted by molar-refractivity contribution is 0.0691. The molecule has 6 heteroatoms. The van der Waals surface area contributed by atoms with E-state index in [1.54, 1.807) is 29.9 Å². The van der Waals surface area contributed by atoms with E-state index in [1.165, 1.54) is 6.20 Å². The molecule has 0 aliphatic rings. The maximum atomic E-state index is 11.3. The Kier molecular flexibility index (Phi) is 4.04. The van der Waals surface area contributed by atoms with E-state index in [1.807, 2.05) is 30.3 Å². The van der Waals surface area contributed by atoms with Crippen molar-refractivity contribution < 1.29 is 14.6 Å². The van der Waals surface area contributed by atoms with Crippen LogP contribution in [-0.4, -0.2) is 27.7 Å². The van der Waals surface area contributed by atoms with Crippen LogP contribution in [0.3, 0.4) is 0 Å². The van der Waals surface area contributed by atoms with Gasteiger partial charge in [-0.1, -0.05) is 35.9 Å². The Balaban J connectivity index is 2.23. The maximum Gasteiger partial charge on any atom is 0.356 e. The van der Waals surface area contributed by atoms with Gasteiger partial charge in [0.25, 0.3) is 0 Å². The van der Waals surface area contributed by atoms with Crippen LogP contribution >= 0.6 is 11.6 Å². The molecule has 0 bridgehead atoms. The molecule has 1 N–H and O–H groups in total. The van der Waals surface area contributed by atoms with E-state index >= 15 is 0 Å². The molecule has 0 aliphatic heterocycles. The van der Waals surface area contributed by atoms with E-state index in [0.717, 1.165) is 5.56 Å². The minimum absolute atomic E-state index is 0.0530. The normalized spacial score (nSPS) is 10.5. The second-order valence-corrected chi connectivity index (χ2v) is 5.22. The number of imidazole rings is 1. The molecule has 0 fully saturated rings. The number of carbonyl (C=O) groups is 1. The van der Waals surface area contributed by atoms with Gasteiger partial charge in [0, 0.05) is 11.8 Å². The van der Waals surface area contributed by atoms with Gasteiger partial charge in [-0.05, 0) is 24.3 Å². The largest absolute Gasteiger partial charge is 0.497 e. The van der Waals surface area contributed by atoms with Gasteiger partial charge < -0.3 is 9.84 Å². The van der Waals surface area contributed by atoms with Crippen molar-refractivity contribution in [2.45, 2.75) is 0 Å². The van der Waals surface area contributed by atoms with Crippen molar-refractivity contribution >= 4 is 17.6 Å². The quantitative estimate of drug-likeness (QED) is 0.789. The van der Waals surface area contributed by atoms with Gasteiger partial charge >= 0.3 is 5.97 Å². The van der Waals surface area contributed by atoms with E-state index in [2.05, 4.69) is 4.98 Å². The molecule has 0 saturated carbocycles. The predicted octanol–water partition coefficient (Wildman–Crippen LogP) is 3.90. The lowest BCUT2D eigenvalue weighted by Gasteiger charge is -2.10. The van der Waals surface area contributed by atoms with E-state index in [-0.39, 0.29) is 5.69 Å². The van der Waals surface area contributed by atoms with Crippen LogP contribution in [-0.2, 0) is 0 Å². The lowest BCUT2D eigenvalue weighted by Crippen LogP contribution is -1.97. The minimum Gasteiger partial charge on any atom is -0.497 e. The van der Waals surface area contributed by atoms with Crippen LogP contribution in [0.15, 0.2) is 54.7 Å². The fraction of sp³-hybridized carbons (Fsp3) is 0.0588. The summed E-state index contributed by atoms with van der Waals surface area (Å²) >= 11 is 6.24. The molecule has 0 saturated heterocycles. The number of aromatic carboxylic acids is 1. The second-order valence-electron chi connectivity index (χ2n) is 4.81. The summed E-state index contributed by atoms with van der Waals surface area (Å²) in [5.41, 5.74) is 1.34. The molecule has 23 heavy (non-hydrogen) atoms. The highest BCUT2D eigenvalue weighted by Crippen LogP contribution is 2.29. The Labute approximate surface area is 137 Å². The van der Waals surface area contributed by atoms with Crippen molar-refractivity contribution in [1.29, 1.82) is 0 Å². The number of nitrogens with zero attached hydrogens (tertiary/aromatic N) is 2. The number of carboxylic acid groups (broad SMARTS) is 1. The molecule has 0 radical (unpaired) electrons. The van der Waals surface area contributed by atoms with E-state index in [0.29, 0.717) is 22.3 Å². The molecule has 3 rings (SSSR count). The molecule has 116 valence electrons. The van der Waals surface area contributed by atoms with Crippen molar-refractivity contribution in [3.05, 3.63) is 65.4 Å². The van der Waals surface area contributed by atoms with Crippen LogP contribution in [0.2, 0.25) is 5.02 Å². The SMILES string of the molecule is COc1cccc(-c2nc(C(=O)O)cn2-c2ccccc2Cl)c1. The van der Waals surface area contributed by atoms with Gasteiger partial charge in [0.15, 0.2) is 5.69 Å². The average molecular weight is 329 g/mol. The fourth-order valence-corrected chi connectivity index (χ4v) is 2.51. The molecule has 0 unspecified atom stereocenters. The summed E-state index contributed by atoms with van der Waals surface area (Å²) in [6.45, 7) is 0. The molecule has 0 spiro atoms. The van der Waals surface area contributed by atoms with Crippen LogP contribution in [0.5, 0.6) is 5.75 Å². The first-order valence-corrected chi connectivity index (χ1v) is 7.20. The van der Waals surface area contributed by atoms with E-state index < -0.39 is 5.97 Å². The summed E-state index contributed by atoms with van der Waals surface area (Å²) < 4.78 is 6.89. The third-order valence-electron chi connectivity index (χ3n) is 3.36. The first kappa shape index (κ1) is 15.1. The van der Waals surface area contributed by atoms with Crippen LogP contribution in [0.1, 0.15) is 10.5 Å². The number of benzene rings is 2. The van der Waals surface area contributed by atoms with Gasteiger partial charge in [-0.2, -0.15) is 0 Å². The van der Waals surface area contributed by atoms with Crippen LogP contribution in [0.4, 0.5) is 0 Å². The topological polar surface area (TPSA) is 64.3 Å². The first-order chi connectivity index (χ1) is 11.1. The molecule has 1 aromatic heterocycles. The van der Waals surface area contributed by atoms with Gasteiger partial charge in [-0.25, -0.2) is 9.78 Å². The van der Waals surface area contributed by atoms with Crippen LogP contribution < -0.4 is 4.74 Å². The van der Waals surface area contributed by atoms with Gasteiger partial charge in [-0.15, -0.1) is 0 Å². The monoisotopic (exact) mass is 328 g/mol. The van der Waals surface area contributed by atoms with Crippen LogP contribution in [0, 0.1) is 0 Å². The summed E-state index contributed by atoms with van der Waals surface area (Å²) in [5.74, 6) is 0.0439. The van der Waals surface area contributed by atoms with Gasteiger partial charge in [0.2, 0.25) is 0 Å². The number of ether oxygens (including phenoxy) is 1. The number of hydrogen-bond donors (Lipinski definition) is 1. The number of halogens is 1. The van der Waals surface area contributed by atoms with Crippen molar-refractivity contribution in [3.8, 4) is 22.8 Å². The fourth-order valence-electron chi connectivity index (χ4n) is 2.28. The summed E-state index contributed by atoms with van der Waals surface area (Å²) in [5, 5.41) is 9.76. The Hall–Kier alpha value is -2.79. The molecule has 1 heterocycles.